The molecule has 0 aliphatic carbocycles. The Morgan fingerprint density at radius 2 is 2.24 bits per heavy atom. The van der Waals surface area contributed by atoms with Crippen LogP contribution in [0.4, 0.5) is 0 Å². The molecule has 1 unspecified atom stereocenters. The van der Waals surface area contributed by atoms with Crippen molar-refractivity contribution in [2.24, 2.45) is 0 Å². The van der Waals surface area contributed by atoms with Crippen LogP contribution in [0.3, 0.4) is 0 Å². The Morgan fingerprint density at radius 3 is 2.94 bits per heavy atom. The van der Waals surface area contributed by atoms with Crippen LogP contribution in [0.1, 0.15) is 26.2 Å². The smallest absolute Gasteiger partial charge is 0.242 e. The molecule has 1 N–H and O–H groups in total. The number of hydrogen-bond donors (Lipinski definition) is 1. The highest BCUT2D eigenvalue weighted by molar-refractivity contribution is 5.85. The van der Waals surface area contributed by atoms with E-state index in [0.29, 0.717) is 12.5 Å². The van der Waals surface area contributed by atoms with Gasteiger partial charge in [0.05, 0.1) is 6.54 Å². The summed E-state index contributed by atoms with van der Waals surface area (Å²) in [6.07, 6.45) is 2.59. The predicted octanol–water partition coefficient (Wildman–Crippen LogP) is -0.181. The lowest BCUT2D eigenvalue weighted by molar-refractivity contribution is -0.142. The first-order valence-corrected chi connectivity index (χ1v) is 6.46. The summed E-state index contributed by atoms with van der Waals surface area (Å²) in [5, 5.41) is 3.30. The molecule has 2 saturated heterocycles. The van der Waals surface area contributed by atoms with E-state index in [0.717, 1.165) is 39.0 Å². The molecule has 1 atom stereocenters. The number of nitrogens with one attached hydrogen (secondary N) is 1. The van der Waals surface area contributed by atoms with Gasteiger partial charge in [0, 0.05) is 38.6 Å². The zero-order valence-electron chi connectivity index (χ0n) is 10.4. The van der Waals surface area contributed by atoms with Crippen LogP contribution >= 0.6 is 0 Å². The number of carbonyl (C=O) groups excluding carboxylic acids is 2. The molecule has 0 radical (unpaired) electrons. The minimum Gasteiger partial charge on any atom is -0.338 e. The standard InChI is InChI=1S/C12H21N3O2/c1-10-8-15(7-5-13-10)12(17)9-14-6-3-2-4-11(14)16/h10,13H,2-9H2,1H3. The van der Waals surface area contributed by atoms with Crippen LogP contribution in [0.5, 0.6) is 0 Å². The van der Waals surface area contributed by atoms with Crippen molar-refractivity contribution in [2.45, 2.75) is 32.2 Å². The second kappa shape index (κ2) is 5.49. The lowest BCUT2D eigenvalue weighted by Crippen LogP contribution is -2.54. The SMILES string of the molecule is CC1CN(C(=O)CN2CCCCC2=O)CCN1. The molecule has 2 aliphatic heterocycles. The van der Waals surface area contributed by atoms with Crippen LogP contribution in [0.2, 0.25) is 0 Å². The van der Waals surface area contributed by atoms with Crippen LogP contribution in [0.15, 0.2) is 0 Å². The van der Waals surface area contributed by atoms with Crippen LogP contribution in [-0.2, 0) is 9.59 Å². The van der Waals surface area contributed by atoms with Gasteiger partial charge in [0.15, 0.2) is 0 Å². The minimum atomic E-state index is 0.0913. The van der Waals surface area contributed by atoms with Crippen LogP contribution in [0, 0.1) is 0 Å². The molecule has 2 heterocycles. The monoisotopic (exact) mass is 239 g/mol. The third-order valence-corrected chi connectivity index (χ3v) is 3.47. The van der Waals surface area contributed by atoms with Crippen molar-refractivity contribution in [1.29, 1.82) is 0 Å². The van der Waals surface area contributed by atoms with E-state index in [1.54, 1.807) is 4.90 Å². The van der Waals surface area contributed by atoms with Gasteiger partial charge in [-0.15, -0.1) is 0 Å². The Labute approximate surface area is 102 Å². The summed E-state index contributed by atoms with van der Waals surface area (Å²) in [6, 6.07) is 0.352. The molecule has 0 aromatic carbocycles. The number of amides is 2. The molecule has 2 aliphatic rings. The summed E-state index contributed by atoms with van der Waals surface area (Å²) >= 11 is 0. The molecule has 0 spiro atoms. The molecule has 5 nitrogen and oxygen atoms in total. The lowest BCUT2D eigenvalue weighted by Gasteiger charge is -2.34. The maximum absolute atomic E-state index is 12.1. The van der Waals surface area contributed by atoms with Crippen molar-refractivity contribution >= 4 is 11.8 Å². The lowest BCUT2D eigenvalue weighted by atomic mass is 10.1. The van der Waals surface area contributed by atoms with Crippen molar-refractivity contribution in [3.63, 3.8) is 0 Å². The van der Waals surface area contributed by atoms with Gasteiger partial charge in [-0.25, -0.2) is 0 Å². The van der Waals surface area contributed by atoms with E-state index in [1.165, 1.54) is 0 Å². The molecule has 17 heavy (non-hydrogen) atoms. The fourth-order valence-corrected chi connectivity index (χ4v) is 2.45. The van der Waals surface area contributed by atoms with Gasteiger partial charge in [-0.2, -0.15) is 0 Å². The number of likely N-dealkylation sites (tertiary alicyclic amines) is 1. The number of hydrogen-bond acceptors (Lipinski definition) is 3. The van der Waals surface area contributed by atoms with Crippen LogP contribution < -0.4 is 5.32 Å². The number of carbonyl (C=O) groups is 2. The molecule has 0 aromatic rings. The van der Waals surface area contributed by atoms with E-state index in [9.17, 15) is 9.59 Å². The third kappa shape index (κ3) is 3.19. The Bertz CT molecular complexity index is 306. The number of nitrogens with zero attached hydrogens (tertiary/aromatic N) is 2. The Hall–Kier alpha value is -1.10. The average Bonchev–Trinajstić information content (AvgIpc) is 2.32. The molecule has 0 aromatic heterocycles. The molecule has 96 valence electrons. The molecule has 0 saturated carbocycles. The van der Waals surface area contributed by atoms with Gasteiger partial charge in [-0.1, -0.05) is 0 Å². The number of piperazine rings is 1. The maximum atomic E-state index is 12.1. The third-order valence-electron chi connectivity index (χ3n) is 3.47. The van der Waals surface area contributed by atoms with Crippen molar-refractivity contribution in [2.75, 3.05) is 32.7 Å². The molecular weight excluding hydrogens is 218 g/mol. The minimum absolute atomic E-state index is 0.0913. The van der Waals surface area contributed by atoms with Gasteiger partial charge in [0.25, 0.3) is 0 Å². The van der Waals surface area contributed by atoms with E-state index in [-0.39, 0.29) is 18.4 Å². The summed E-state index contributed by atoms with van der Waals surface area (Å²) in [5.74, 6) is 0.224. The fraction of sp³-hybridized carbons (Fsp3) is 0.833. The average molecular weight is 239 g/mol. The Kier molecular flexibility index (Phi) is 3.99. The van der Waals surface area contributed by atoms with Crippen molar-refractivity contribution in [3.8, 4) is 0 Å². The largest absolute Gasteiger partial charge is 0.338 e. The second-order valence-electron chi connectivity index (χ2n) is 4.97. The van der Waals surface area contributed by atoms with E-state index in [4.69, 9.17) is 0 Å². The van der Waals surface area contributed by atoms with Crippen molar-refractivity contribution < 1.29 is 9.59 Å². The quantitative estimate of drug-likeness (QED) is 0.727. The molecule has 0 bridgehead atoms. The first-order chi connectivity index (χ1) is 8.16. The Morgan fingerprint density at radius 1 is 1.41 bits per heavy atom. The van der Waals surface area contributed by atoms with Gasteiger partial charge in [-0.3, -0.25) is 9.59 Å². The van der Waals surface area contributed by atoms with E-state index in [1.807, 2.05) is 4.90 Å². The predicted molar refractivity (Wildman–Crippen MR) is 64.5 cm³/mol. The van der Waals surface area contributed by atoms with Gasteiger partial charge in [0.1, 0.15) is 0 Å². The van der Waals surface area contributed by atoms with Crippen molar-refractivity contribution in [3.05, 3.63) is 0 Å². The van der Waals surface area contributed by atoms with Crippen LogP contribution in [0.25, 0.3) is 0 Å². The van der Waals surface area contributed by atoms with Crippen LogP contribution in [-0.4, -0.2) is 60.4 Å². The van der Waals surface area contributed by atoms with Gasteiger partial charge in [0.2, 0.25) is 11.8 Å². The maximum Gasteiger partial charge on any atom is 0.242 e. The molecule has 5 heteroatoms. The molecule has 2 fully saturated rings. The van der Waals surface area contributed by atoms with E-state index < -0.39 is 0 Å². The van der Waals surface area contributed by atoms with E-state index in [2.05, 4.69) is 12.2 Å². The molecule has 2 amide bonds. The molecular formula is C12H21N3O2. The second-order valence-corrected chi connectivity index (χ2v) is 4.97. The summed E-state index contributed by atoms with van der Waals surface area (Å²) in [4.78, 5) is 27.3. The summed E-state index contributed by atoms with van der Waals surface area (Å²) in [5.41, 5.74) is 0. The Balaban J connectivity index is 1.85. The summed E-state index contributed by atoms with van der Waals surface area (Å²) < 4.78 is 0. The normalized spacial score (nSPS) is 26.2. The zero-order chi connectivity index (χ0) is 12.3. The zero-order valence-corrected chi connectivity index (χ0v) is 10.4. The summed E-state index contributed by atoms with van der Waals surface area (Å²) in [7, 11) is 0. The topological polar surface area (TPSA) is 52.7 Å². The number of rotatable bonds is 2. The van der Waals surface area contributed by atoms with Gasteiger partial charge < -0.3 is 15.1 Å². The highest BCUT2D eigenvalue weighted by Crippen LogP contribution is 2.11. The van der Waals surface area contributed by atoms with Crippen molar-refractivity contribution in [1.82, 2.24) is 15.1 Å². The van der Waals surface area contributed by atoms with E-state index >= 15 is 0 Å². The summed E-state index contributed by atoms with van der Waals surface area (Å²) in [6.45, 7) is 5.44. The first-order valence-electron chi connectivity index (χ1n) is 6.46. The number of piperidine rings is 1. The van der Waals surface area contributed by atoms with Gasteiger partial charge >= 0.3 is 0 Å². The van der Waals surface area contributed by atoms with Gasteiger partial charge in [-0.05, 0) is 19.8 Å². The fourth-order valence-electron chi connectivity index (χ4n) is 2.45. The highest BCUT2D eigenvalue weighted by Gasteiger charge is 2.25. The first kappa shape index (κ1) is 12.4. The highest BCUT2D eigenvalue weighted by atomic mass is 16.2. The molecule has 2 rings (SSSR count).